The molecule has 1 aliphatic rings. The molecule has 1 aliphatic carbocycles. The lowest BCUT2D eigenvalue weighted by molar-refractivity contribution is 0.206. The van der Waals surface area contributed by atoms with Gasteiger partial charge in [-0.25, -0.2) is 10.6 Å². The maximum atomic E-state index is 10.9. The van der Waals surface area contributed by atoms with E-state index in [1.165, 1.54) is 6.42 Å². The fraction of sp³-hybridized carbons (Fsp3) is 0.857. The number of carbonyl (C=O) groups is 1. The summed E-state index contributed by atoms with van der Waals surface area (Å²) in [6.45, 7) is 3.02. The number of amides is 2. The van der Waals surface area contributed by atoms with Crippen LogP contribution in [0.5, 0.6) is 0 Å². The highest BCUT2D eigenvalue weighted by molar-refractivity contribution is 5.73. The summed E-state index contributed by atoms with van der Waals surface area (Å²) in [7, 11) is 1.76. The van der Waals surface area contributed by atoms with Crippen LogP contribution in [0, 0.1) is 11.8 Å². The third-order valence-electron chi connectivity index (χ3n) is 2.25. The maximum Gasteiger partial charge on any atom is 0.331 e. The van der Waals surface area contributed by atoms with Crippen LogP contribution in [0.25, 0.3) is 0 Å². The minimum atomic E-state index is -0.205. The van der Waals surface area contributed by atoms with Gasteiger partial charge in [0.25, 0.3) is 0 Å². The van der Waals surface area contributed by atoms with Crippen LogP contribution >= 0.6 is 0 Å². The quantitative estimate of drug-likeness (QED) is 0.341. The Morgan fingerprint density at radius 2 is 2.36 bits per heavy atom. The first-order chi connectivity index (χ1) is 5.15. The fourth-order valence-corrected chi connectivity index (χ4v) is 1.20. The molecule has 0 aromatic rings. The molecule has 0 aromatic heterocycles. The molecule has 0 spiro atoms. The van der Waals surface area contributed by atoms with Crippen LogP contribution in [-0.2, 0) is 0 Å². The summed E-state index contributed by atoms with van der Waals surface area (Å²) in [6.07, 6.45) is 1.24. The Balaban J connectivity index is 2.20. The molecule has 11 heavy (non-hydrogen) atoms. The molecule has 3 N–H and O–H groups in total. The van der Waals surface area contributed by atoms with E-state index in [9.17, 15) is 4.79 Å². The number of hydrazine groups is 1. The lowest BCUT2D eigenvalue weighted by Gasteiger charge is -2.15. The minimum absolute atomic E-state index is 0.205. The number of hydrogen-bond donors (Lipinski definition) is 2. The molecule has 0 saturated heterocycles. The van der Waals surface area contributed by atoms with Crippen LogP contribution in [0.15, 0.2) is 0 Å². The molecule has 4 nitrogen and oxygen atoms in total. The second kappa shape index (κ2) is 3.09. The summed E-state index contributed by atoms with van der Waals surface area (Å²) in [6, 6.07) is -0.205. The fourth-order valence-electron chi connectivity index (χ4n) is 1.20. The van der Waals surface area contributed by atoms with E-state index in [2.05, 4.69) is 12.3 Å². The van der Waals surface area contributed by atoms with Crippen molar-refractivity contribution in [3.63, 3.8) is 0 Å². The molecule has 1 fully saturated rings. The highest BCUT2D eigenvalue weighted by atomic mass is 16.2. The van der Waals surface area contributed by atoms with Gasteiger partial charge in [0.1, 0.15) is 0 Å². The molecule has 1 rings (SSSR count). The highest BCUT2D eigenvalue weighted by Crippen LogP contribution is 2.37. The Bertz CT molecular complexity index is 160. The van der Waals surface area contributed by atoms with Gasteiger partial charge in [-0.3, -0.25) is 5.43 Å². The van der Waals surface area contributed by atoms with Crippen molar-refractivity contribution < 1.29 is 4.79 Å². The number of rotatable bonds is 2. The summed E-state index contributed by atoms with van der Waals surface area (Å²) >= 11 is 0. The predicted molar refractivity (Wildman–Crippen MR) is 42.6 cm³/mol. The number of nitrogens with one attached hydrogen (secondary N) is 1. The normalized spacial score (nSPS) is 27.9. The number of carbonyl (C=O) groups excluding carboxylic acids is 1. The highest BCUT2D eigenvalue weighted by Gasteiger charge is 2.33. The second-order valence-corrected chi connectivity index (χ2v) is 3.30. The zero-order valence-corrected chi connectivity index (χ0v) is 7.00. The second-order valence-electron chi connectivity index (χ2n) is 3.30. The van der Waals surface area contributed by atoms with Gasteiger partial charge in [0.15, 0.2) is 0 Å². The van der Waals surface area contributed by atoms with Crippen molar-refractivity contribution in [3.05, 3.63) is 0 Å². The summed E-state index contributed by atoms with van der Waals surface area (Å²) in [4.78, 5) is 12.5. The van der Waals surface area contributed by atoms with Crippen LogP contribution in [0.4, 0.5) is 4.79 Å². The van der Waals surface area contributed by atoms with Gasteiger partial charge in [0.2, 0.25) is 0 Å². The van der Waals surface area contributed by atoms with E-state index in [1.54, 1.807) is 11.9 Å². The van der Waals surface area contributed by atoms with E-state index in [0.717, 1.165) is 12.5 Å². The number of hydrogen-bond acceptors (Lipinski definition) is 2. The van der Waals surface area contributed by atoms with Gasteiger partial charge in [0.05, 0.1) is 0 Å². The van der Waals surface area contributed by atoms with Gasteiger partial charge in [-0.05, 0) is 18.3 Å². The zero-order chi connectivity index (χ0) is 8.43. The van der Waals surface area contributed by atoms with Crippen LogP contribution in [0.3, 0.4) is 0 Å². The molecule has 0 radical (unpaired) electrons. The van der Waals surface area contributed by atoms with Crippen molar-refractivity contribution in [3.8, 4) is 0 Å². The summed E-state index contributed by atoms with van der Waals surface area (Å²) in [5.74, 6) is 6.44. The molecule has 0 heterocycles. The Hall–Kier alpha value is -0.770. The van der Waals surface area contributed by atoms with Crippen molar-refractivity contribution in [2.24, 2.45) is 17.7 Å². The number of urea groups is 1. The molecular formula is C7H15N3O. The molecule has 0 aromatic carbocycles. The van der Waals surface area contributed by atoms with E-state index in [4.69, 9.17) is 5.84 Å². The van der Waals surface area contributed by atoms with Gasteiger partial charge in [-0.2, -0.15) is 0 Å². The standard InChI is InChI=1S/C7H15N3O/c1-5-3-6(5)4-10(2)7(11)9-8/h5-6H,3-4,8H2,1-2H3,(H,9,11). The van der Waals surface area contributed by atoms with Crippen molar-refractivity contribution in [1.82, 2.24) is 10.3 Å². The third kappa shape index (κ3) is 2.08. The van der Waals surface area contributed by atoms with Crippen LogP contribution in [0.1, 0.15) is 13.3 Å². The predicted octanol–water partition coefficient (Wildman–Crippen LogP) is 0.158. The molecule has 64 valence electrons. The van der Waals surface area contributed by atoms with Crippen LogP contribution in [-0.4, -0.2) is 24.5 Å². The maximum absolute atomic E-state index is 10.9. The van der Waals surface area contributed by atoms with E-state index < -0.39 is 0 Å². The first-order valence-electron chi connectivity index (χ1n) is 3.87. The number of nitrogens with zero attached hydrogens (tertiary/aromatic N) is 1. The van der Waals surface area contributed by atoms with Gasteiger partial charge < -0.3 is 4.90 Å². The summed E-state index contributed by atoms with van der Waals surface area (Å²) in [5.41, 5.74) is 2.10. The molecule has 4 heteroatoms. The van der Waals surface area contributed by atoms with Crippen LogP contribution < -0.4 is 11.3 Å². The lowest BCUT2D eigenvalue weighted by Crippen LogP contribution is -2.42. The smallest absolute Gasteiger partial charge is 0.326 e. The first-order valence-corrected chi connectivity index (χ1v) is 3.87. The van der Waals surface area contributed by atoms with Crippen molar-refractivity contribution in [2.75, 3.05) is 13.6 Å². The van der Waals surface area contributed by atoms with Gasteiger partial charge >= 0.3 is 6.03 Å². The summed E-state index contributed by atoms with van der Waals surface area (Å²) < 4.78 is 0. The average Bonchev–Trinajstić information content (AvgIpc) is 2.65. The van der Waals surface area contributed by atoms with Crippen molar-refractivity contribution in [1.29, 1.82) is 0 Å². The van der Waals surface area contributed by atoms with Gasteiger partial charge in [-0.1, -0.05) is 6.92 Å². The van der Waals surface area contributed by atoms with Crippen molar-refractivity contribution in [2.45, 2.75) is 13.3 Å². The Morgan fingerprint density at radius 3 is 2.73 bits per heavy atom. The summed E-state index contributed by atoms with van der Waals surface area (Å²) in [5, 5.41) is 0. The lowest BCUT2D eigenvalue weighted by atomic mass is 10.3. The Morgan fingerprint density at radius 1 is 1.82 bits per heavy atom. The molecule has 0 aliphatic heterocycles. The monoisotopic (exact) mass is 157 g/mol. The topological polar surface area (TPSA) is 58.4 Å². The average molecular weight is 157 g/mol. The van der Waals surface area contributed by atoms with Crippen molar-refractivity contribution >= 4 is 6.03 Å². The molecular weight excluding hydrogens is 142 g/mol. The third-order valence-corrected chi connectivity index (χ3v) is 2.25. The van der Waals surface area contributed by atoms with Gasteiger partial charge in [0, 0.05) is 13.6 Å². The van der Waals surface area contributed by atoms with Crippen LogP contribution in [0.2, 0.25) is 0 Å². The SMILES string of the molecule is CC1CC1CN(C)C(=O)NN. The largest absolute Gasteiger partial charge is 0.331 e. The Kier molecular flexibility index (Phi) is 2.34. The van der Waals surface area contributed by atoms with E-state index >= 15 is 0 Å². The zero-order valence-electron chi connectivity index (χ0n) is 7.00. The first kappa shape index (κ1) is 8.33. The van der Waals surface area contributed by atoms with Gasteiger partial charge in [-0.15, -0.1) is 0 Å². The molecule has 2 unspecified atom stereocenters. The molecule has 2 atom stereocenters. The Labute approximate surface area is 66.7 Å². The van der Waals surface area contributed by atoms with E-state index in [0.29, 0.717) is 5.92 Å². The number of nitrogens with two attached hydrogens (primary N) is 1. The van der Waals surface area contributed by atoms with E-state index in [1.807, 2.05) is 0 Å². The minimum Gasteiger partial charge on any atom is -0.326 e. The van der Waals surface area contributed by atoms with E-state index in [-0.39, 0.29) is 6.03 Å². The molecule has 2 amide bonds. The molecule has 0 bridgehead atoms. The molecule has 1 saturated carbocycles.